The minimum absolute atomic E-state index is 0.0939. The molecule has 68 heavy (non-hydrogen) atoms. The molecule has 3 aromatic heterocycles. The maximum atomic E-state index is 14.1. The van der Waals surface area contributed by atoms with Gasteiger partial charge in [0.2, 0.25) is 0 Å². The van der Waals surface area contributed by atoms with Gasteiger partial charge in [-0.1, -0.05) is 182 Å². The first-order valence-electron chi connectivity index (χ1n) is 23.8. The molecule has 1 fully saturated rings. The summed E-state index contributed by atoms with van der Waals surface area (Å²) in [5, 5.41) is 4.48. The second-order valence-corrected chi connectivity index (χ2v) is 19.2. The van der Waals surface area contributed by atoms with Crippen LogP contribution in [0.5, 0.6) is 0 Å². The molecule has 6 nitrogen and oxygen atoms in total. The van der Waals surface area contributed by atoms with Crippen LogP contribution in [-0.2, 0) is 22.4 Å². The van der Waals surface area contributed by atoms with E-state index >= 15 is 0 Å². The van der Waals surface area contributed by atoms with E-state index in [0.29, 0.717) is 13.1 Å². The lowest BCUT2D eigenvalue weighted by molar-refractivity contribution is 0.0524. The maximum absolute atomic E-state index is 14.1. The molecule has 336 valence electrons. The molecule has 4 heterocycles. The predicted molar refractivity (Wildman–Crippen MR) is 274 cm³/mol. The third-order valence-corrected chi connectivity index (χ3v) is 15.4. The van der Waals surface area contributed by atoms with Crippen LogP contribution in [0.2, 0.25) is 0 Å². The maximum Gasteiger partial charge on any atom is 0.343 e. The molecule has 1 saturated carbocycles. The van der Waals surface area contributed by atoms with Crippen LogP contribution in [-0.4, -0.2) is 28.4 Å². The summed E-state index contributed by atoms with van der Waals surface area (Å²) in [6, 6.07) is 71.7. The van der Waals surface area contributed by atoms with Crippen molar-refractivity contribution in [3.05, 3.63) is 277 Å². The summed E-state index contributed by atoms with van der Waals surface area (Å²) >= 11 is 1.84. The lowest BCUT2D eigenvalue weighted by Crippen LogP contribution is -2.55. The van der Waals surface area contributed by atoms with Crippen LogP contribution < -0.4 is 10.9 Å². The standard InChI is InChI=1S/C61H53N3O3S/c1-3-67-59(66)53-38-51(43-34-35-43)57-42(2)50(36-37-64(57)58(53)65)55-39-52-54(62-60(44-22-10-4-11-23-44,45-24-12-5-13-25-45)46-26-14-6-15-27-46)40-63(41-56(52)68-55)61(47-28-16-7-17-29-47,48-30-18-8-19-31-48)49-32-20-9-21-33-49/h4-33,36-39,43,54,62H,3,34-35,40-41H2,1-2H3. The Morgan fingerprint density at radius 3 is 1.57 bits per heavy atom. The first-order chi connectivity index (χ1) is 33.4. The predicted octanol–water partition coefficient (Wildman–Crippen LogP) is 12.8. The Labute approximate surface area is 402 Å². The molecular formula is C61H53N3O3S. The fourth-order valence-corrected chi connectivity index (χ4v) is 12.3. The van der Waals surface area contributed by atoms with E-state index < -0.39 is 17.0 Å². The number of aryl methyl sites for hydroxylation is 1. The van der Waals surface area contributed by atoms with Gasteiger partial charge in [0.05, 0.1) is 23.2 Å². The molecule has 0 amide bonds. The van der Waals surface area contributed by atoms with Gasteiger partial charge in [0.1, 0.15) is 5.56 Å². The second-order valence-electron chi connectivity index (χ2n) is 18.1. The zero-order chi connectivity index (χ0) is 46.2. The summed E-state index contributed by atoms with van der Waals surface area (Å²) in [6.45, 7) is 5.47. The molecule has 1 N–H and O–H groups in total. The second kappa shape index (κ2) is 18.1. The van der Waals surface area contributed by atoms with Crippen LogP contribution in [0.1, 0.15) is 97.0 Å². The van der Waals surface area contributed by atoms with Gasteiger partial charge in [-0.05, 0) is 106 Å². The fraction of sp³-hybridized carbons (Fsp3) is 0.180. The Morgan fingerprint density at radius 1 is 0.647 bits per heavy atom. The molecular weight excluding hydrogens is 855 g/mol. The highest BCUT2D eigenvalue weighted by molar-refractivity contribution is 7.15. The van der Waals surface area contributed by atoms with E-state index in [9.17, 15) is 9.59 Å². The largest absolute Gasteiger partial charge is 0.462 e. The Hall–Kier alpha value is -7.16. The van der Waals surface area contributed by atoms with Crippen LogP contribution in [0.15, 0.2) is 211 Å². The number of esters is 1. The smallest absolute Gasteiger partial charge is 0.343 e. The Balaban J connectivity index is 1.16. The van der Waals surface area contributed by atoms with Crippen molar-refractivity contribution in [2.75, 3.05) is 13.2 Å². The van der Waals surface area contributed by atoms with Gasteiger partial charge in [-0.2, -0.15) is 0 Å². The first kappa shape index (κ1) is 43.4. The number of ether oxygens (including phenoxy) is 1. The molecule has 1 aliphatic carbocycles. The number of benzene rings is 6. The van der Waals surface area contributed by atoms with E-state index in [-0.39, 0.29) is 29.7 Å². The summed E-state index contributed by atoms with van der Waals surface area (Å²) in [6.07, 6.45) is 3.91. The molecule has 6 aromatic carbocycles. The first-order valence-corrected chi connectivity index (χ1v) is 24.6. The number of aromatic nitrogens is 1. The topological polar surface area (TPSA) is 63.1 Å². The number of carbonyl (C=O) groups excluding carboxylic acids is 1. The van der Waals surface area contributed by atoms with Crippen molar-refractivity contribution < 1.29 is 9.53 Å². The van der Waals surface area contributed by atoms with Gasteiger partial charge in [-0.15, -0.1) is 11.3 Å². The number of pyridine rings is 2. The molecule has 7 heteroatoms. The molecule has 1 atom stereocenters. The zero-order valence-corrected chi connectivity index (χ0v) is 39.2. The van der Waals surface area contributed by atoms with Gasteiger partial charge in [0.15, 0.2) is 0 Å². The number of carbonyl (C=O) groups is 1. The lowest BCUT2D eigenvalue weighted by atomic mass is 9.73. The van der Waals surface area contributed by atoms with E-state index in [0.717, 1.165) is 56.6 Å². The minimum Gasteiger partial charge on any atom is -0.462 e. The highest BCUT2D eigenvalue weighted by Crippen LogP contribution is 2.51. The molecule has 2 aliphatic rings. The molecule has 0 bridgehead atoms. The van der Waals surface area contributed by atoms with Gasteiger partial charge in [0.25, 0.3) is 5.56 Å². The normalized spacial score (nSPS) is 15.2. The Bertz CT molecular complexity index is 3090. The van der Waals surface area contributed by atoms with Crippen molar-refractivity contribution in [3.63, 3.8) is 0 Å². The summed E-state index contributed by atoms with van der Waals surface area (Å²) in [5.74, 6) is -0.282. The van der Waals surface area contributed by atoms with E-state index in [2.05, 4.69) is 211 Å². The molecule has 0 spiro atoms. The van der Waals surface area contributed by atoms with Crippen LogP contribution in [0.3, 0.4) is 0 Å². The molecule has 1 aliphatic heterocycles. The number of nitrogens with one attached hydrogen (secondary N) is 1. The number of hydrogen-bond acceptors (Lipinski definition) is 6. The third-order valence-electron chi connectivity index (χ3n) is 14.2. The quantitative estimate of drug-likeness (QED) is 0.0922. The minimum atomic E-state index is -0.748. The van der Waals surface area contributed by atoms with Crippen molar-refractivity contribution in [1.29, 1.82) is 0 Å². The average Bonchev–Trinajstić information content (AvgIpc) is 4.16. The SMILES string of the molecule is CCOC(=O)c1cc(C2CC2)c2c(C)c(-c3cc4c(s3)CN(C(c3ccccc3)(c3ccccc3)c3ccccc3)CC4NC(c3ccccc3)(c3ccccc3)c3ccccc3)ccn2c1=O. The zero-order valence-electron chi connectivity index (χ0n) is 38.3. The number of nitrogens with zero attached hydrogens (tertiary/aromatic N) is 2. The summed E-state index contributed by atoms with van der Waals surface area (Å²) in [7, 11) is 0. The molecule has 0 saturated heterocycles. The highest BCUT2D eigenvalue weighted by atomic mass is 32.1. The fourth-order valence-electron chi connectivity index (χ4n) is 11.0. The monoisotopic (exact) mass is 907 g/mol. The Kier molecular flexibility index (Phi) is 11.6. The van der Waals surface area contributed by atoms with Gasteiger partial charge in [-0.3, -0.25) is 19.4 Å². The highest BCUT2D eigenvalue weighted by Gasteiger charge is 2.48. The van der Waals surface area contributed by atoms with Crippen LogP contribution in [0.4, 0.5) is 0 Å². The number of hydrogen-bond donors (Lipinski definition) is 1. The summed E-state index contributed by atoms with van der Waals surface area (Å²) in [4.78, 5) is 32.3. The number of rotatable bonds is 13. The van der Waals surface area contributed by atoms with Gasteiger partial charge >= 0.3 is 5.97 Å². The van der Waals surface area contributed by atoms with Crippen LogP contribution >= 0.6 is 11.3 Å². The average molecular weight is 908 g/mol. The third kappa shape index (κ3) is 7.42. The van der Waals surface area contributed by atoms with Crippen LogP contribution in [0, 0.1) is 6.92 Å². The molecule has 11 rings (SSSR count). The summed E-state index contributed by atoms with van der Waals surface area (Å²) < 4.78 is 7.05. The van der Waals surface area contributed by atoms with Crippen molar-refractivity contribution in [1.82, 2.24) is 14.6 Å². The van der Waals surface area contributed by atoms with E-state index in [1.54, 1.807) is 11.3 Å². The molecule has 0 radical (unpaired) electrons. The van der Waals surface area contributed by atoms with Gasteiger partial charge in [0, 0.05) is 35.1 Å². The van der Waals surface area contributed by atoms with Crippen molar-refractivity contribution in [3.8, 4) is 10.4 Å². The van der Waals surface area contributed by atoms with Gasteiger partial charge in [-0.25, -0.2) is 4.79 Å². The van der Waals surface area contributed by atoms with Crippen molar-refractivity contribution >= 4 is 22.8 Å². The molecule has 1 unspecified atom stereocenters. The van der Waals surface area contributed by atoms with Crippen molar-refractivity contribution in [2.24, 2.45) is 0 Å². The summed E-state index contributed by atoms with van der Waals surface area (Å²) in [5.41, 5.74) is 10.7. The number of fused-ring (bicyclic) bond motifs is 2. The van der Waals surface area contributed by atoms with E-state index in [1.807, 2.05) is 23.6 Å². The van der Waals surface area contributed by atoms with Crippen LogP contribution in [0.25, 0.3) is 16.0 Å². The van der Waals surface area contributed by atoms with Gasteiger partial charge < -0.3 is 4.74 Å². The van der Waals surface area contributed by atoms with E-state index in [1.165, 1.54) is 27.1 Å². The van der Waals surface area contributed by atoms with Crippen molar-refractivity contribution in [2.45, 2.75) is 56.3 Å². The van der Waals surface area contributed by atoms with E-state index in [4.69, 9.17) is 4.74 Å². The lowest BCUT2D eigenvalue weighted by Gasteiger charge is -2.50. The molecule has 9 aromatic rings. The number of thiophene rings is 1. The Morgan fingerprint density at radius 2 is 1.12 bits per heavy atom.